The van der Waals surface area contributed by atoms with Gasteiger partial charge in [-0.3, -0.25) is 0 Å². The number of aldehydes is 1. The molecule has 4 heteroatoms. The smallest absolute Gasteiger partial charge is 0.152 e. The molecule has 3 nitrogen and oxygen atoms in total. The molecule has 1 saturated carbocycles. The number of sulfone groups is 1. The van der Waals surface area contributed by atoms with Gasteiger partial charge in [0.15, 0.2) is 9.84 Å². The minimum Gasteiger partial charge on any atom is -0.303 e. The molecule has 0 aliphatic heterocycles. The summed E-state index contributed by atoms with van der Waals surface area (Å²) in [6.45, 7) is 1.66. The molecule has 0 unspecified atom stereocenters. The minimum atomic E-state index is -2.90. The molecule has 12 heavy (non-hydrogen) atoms. The zero-order valence-corrected chi connectivity index (χ0v) is 8.01. The second kappa shape index (κ2) is 3.56. The van der Waals surface area contributed by atoms with E-state index in [9.17, 15) is 13.2 Å². The second-order valence-electron chi connectivity index (χ2n) is 3.28. The molecular weight excluding hydrogens is 176 g/mol. The second-order valence-corrected chi connectivity index (χ2v) is 5.85. The standard InChI is InChI=1S/C8H14O3S/c1-2-12(10,11)8-4-3-7(5-8)6-9/h6-8H,2-5H2,1H3/t7-,8-/m0/s1. The number of carbonyl (C=O) groups excluding carboxylic acids is 1. The normalized spacial score (nSPS) is 30.4. The first-order valence-corrected chi connectivity index (χ1v) is 5.98. The predicted octanol–water partition coefficient (Wildman–Crippen LogP) is 0.789. The van der Waals surface area contributed by atoms with E-state index < -0.39 is 9.84 Å². The average molecular weight is 190 g/mol. The Labute approximate surface area is 73.1 Å². The summed E-state index contributed by atoms with van der Waals surface area (Å²) in [5, 5.41) is -0.252. The maximum atomic E-state index is 11.3. The Morgan fingerprint density at radius 2 is 2.08 bits per heavy atom. The third-order valence-corrected chi connectivity index (χ3v) is 4.78. The molecule has 1 rings (SSSR count). The molecule has 0 aromatic heterocycles. The number of hydrogen-bond acceptors (Lipinski definition) is 3. The minimum absolute atomic E-state index is 0.0173. The highest BCUT2D eigenvalue weighted by Gasteiger charge is 2.32. The lowest BCUT2D eigenvalue weighted by Gasteiger charge is -2.07. The number of hydrogen-bond donors (Lipinski definition) is 0. The van der Waals surface area contributed by atoms with E-state index in [1.807, 2.05) is 0 Å². The van der Waals surface area contributed by atoms with Crippen LogP contribution in [0.5, 0.6) is 0 Å². The van der Waals surface area contributed by atoms with E-state index in [-0.39, 0.29) is 16.9 Å². The number of rotatable bonds is 3. The van der Waals surface area contributed by atoms with Crippen LogP contribution in [0.2, 0.25) is 0 Å². The SMILES string of the molecule is CCS(=O)(=O)[C@H]1CC[C@H](C=O)C1. The van der Waals surface area contributed by atoms with Gasteiger partial charge in [0, 0.05) is 11.7 Å². The maximum absolute atomic E-state index is 11.3. The van der Waals surface area contributed by atoms with E-state index in [4.69, 9.17) is 0 Å². The summed E-state index contributed by atoms with van der Waals surface area (Å²) < 4.78 is 22.7. The fourth-order valence-electron chi connectivity index (χ4n) is 1.66. The quantitative estimate of drug-likeness (QED) is 0.618. The van der Waals surface area contributed by atoms with Gasteiger partial charge in [0.1, 0.15) is 6.29 Å². The molecule has 1 aliphatic rings. The lowest BCUT2D eigenvalue weighted by Crippen LogP contribution is -2.20. The topological polar surface area (TPSA) is 51.2 Å². The number of carbonyl (C=O) groups is 1. The molecule has 2 atom stereocenters. The van der Waals surface area contributed by atoms with E-state index in [0.29, 0.717) is 12.8 Å². The highest BCUT2D eigenvalue weighted by molar-refractivity contribution is 7.92. The molecule has 0 radical (unpaired) electrons. The summed E-state index contributed by atoms with van der Waals surface area (Å²) in [7, 11) is -2.90. The van der Waals surface area contributed by atoms with Crippen LogP contribution in [0.15, 0.2) is 0 Å². The molecule has 0 bridgehead atoms. The average Bonchev–Trinajstić information content (AvgIpc) is 2.52. The van der Waals surface area contributed by atoms with Crippen LogP contribution in [-0.2, 0) is 14.6 Å². The van der Waals surface area contributed by atoms with E-state index in [1.165, 1.54) is 0 Å². The van der Waals surface area contributed by atoms with Crippen LogP contribution < -0.4 is 0 Å². The van der Waals surface area contributed by atoms with Crippen molar-refractivity contribution >= 4 is 16.1 Å². The molecule has 70 valence electrons. The first kappa shape index (κ1) is 9.71. The van der Waals surface area contributed by atoms with Gasteiger partial charge in [-0.05, 0) is 19.3 Å². The van der Waals surface area contributed by atoms with Crippen molar-refractivity contribution in [3.63, 3.8) is 0 Å². The molecule has 1 aliphatic carbocycles. The molecule has 0 amide bonds. The summed E-state index contributed by atoms with van der Waals surface area (Å²) in [4.78, 5) is 10.4. The highest BCUT2D eigenvalue weighted by atomic mass is 32.2. The van der Waals surface area contributed by atoms with Crippen LogP contribution in [-0.4, -0.2) is 25.7 Å². The Morgan fingerprint density at radius 3 is 2.50 bits per heavy atom. The Bertz CT molecular complexity index is 255. The molecule has 0 N–H and O–H groups in total. The molecule has 0 aromatic rings. The Hall–Kier alpha value is -0.380. The lowest BCUT2D eigenvalue weighted by atomic mass is 10.1. The zero-order chi connectivity index (χ0) is 9.19. The molecule has 0 heterocycles. The zero-order valence-electron chi connectivity index (χ0n) is 7.19. The van der Waals surface area contributed by atoms with Crippen molar-refractivity contribution in [3.8, 4) is 0 Å². The first-order valence-electron chi connectivity index (χ1n) is 4.27. The van der Waals surface area contributed by atoms with Gasteiger partial charge in [-0.1, -0.05) is 6.92 Å². The molecule has 0 saturated heterocycles. The van der Waals surface area contributed by atoms with Crippen LogP contribution in [0, 0.1) is 5.92 Å². The van der Waals surface area contributed by atoms with Crippen LogP contribution in [0.4, 0.5) is 0 Å². The fraction of sp³-hybridized carbons (Fsp3) is 0.875. The Morgan fingerprint density at radius 1 is 1.42 bits per heavy atom. The molecular formula is C8H14O3S. The first-order chi connectivity index (χ1) is 5.60. The molecule has 0 aromatic carbocycles. The van der Waals surface area contributed by atoms with Gasteiger partial charge < -0.3 is 4.79 Å². The van der Waals surface area contributed by atoms with Crippen LogP contribution in [0.3, 0.4) is 0 Å². The van der Waals surface area contributed by atoms with Gasteiger partial charge in [0.25, 0.3) is 0 Å². The van der Waals surface area contributed by atoms with Crippen LogP contribution >= 0.6 is 0 Å². The van der Waals surface area contributed by atoms with Crippen molar-refractivity contribution in [2.24, 2.45) is 5.92 Å². The summed E-state index contributed by atoms with van der Waals surface area (Å²) in [5.74, 6) is 0.180. The Balaban J connectivity index is 2.64. The van der Waals surface area contributed by atoms with Gasteiger partial charge in [-0.25, -0.2) is 8.42 Å². The van der Waals surface area contributed by atoms with Crippen molar-refractivity contribution in [1.82, 2.24) is 0 Å². The van der Waals surface area contributed by atoms with E-state index in [2.05, 4.69) is 0 Å². The van der Waals surface area contributed by atoms with Crippen molar-refractivity contribution < 1.29 is 13.2 Å². The largest absolute Gasteiger partial charge is 0.303 e. The third kappa shape index (κ3) is 1.86. The third-order valence-electron chi connectivity index (χ3n) is 2.53. The summed E-state index contributed by atoms with van der Waals surface area (Å²) in [5.41, 5.74) is 0. The highest BCUT2D eigenvalue weighted by Crippen LogP contribution is 2.29. The van der Waals surface area contributed by atoms with Crippen molar-refractivity contribution in [2.45, 2.75) is 31.4 Å². The van der Waals surface area contributed by atoms with Gasteiger partial charge >= 0.3 is 0 Å². The molecule has 0 spiro atoms. The maximum Gasteiger partial charge on any atom is 0.152 e. The van der Waals surface area contributed by atoms with Crippen LogP contribution in [0.1, 0.15) is 26.2 Å². The summed E-state index contributed by atoms with van der Waals surface area (Å²) in [6, 6.07) is 0. The van der Waals surface area contributed by atoms with E-state index in [1.54, 1.807) is 6.92 Å². The molecule has 1 fully saturated rings. The van der Waals surface area contributed by atoms with Crippen LogP contribution in [0.25, 0.3) is 0 Å². The van der Waals surface area contributed by atoms with Crippen molar-refractivity contribution in [2.75, 3.05) is 5.75 Å². The van der Waals surface area contributed by atoms with Gasteiger partial charge in [0.2, 0.25) is 0 Å². The van der Waals surface area contributed by atoms with E-state index in [0.717, 1.165) is 12.7 Å². The lowest BCUT2D eigenvalue weighted by molar-refractivity contribution is -0.110. The predicted molar refractivity (Wildman–Crippen MR) is 46.7 cm³/mol. The van der Waals surface area contributed by atoms with Crippen molar-refractivity contribution in [1.29, 1.82) is 0 Å². The Kier molecular flexibility index (Phi) is 2.88. The summed E-state index contributed by atoms with van der Waals surface area (Å²) >= 11 is 0. The van der Waals surface area contributed by atoms with E-state index >= 15 is 0 Å². The van der Waals surface area contributed by atoms with Gasteiger partial charge in [-0.2, -0.15) is 0 Å². The van der Waals surface area contributed by atoms with Crippen molar-refractivity contribution in [3.05, 3.63) is 0 Å². The van der Waals surface area contributed by atoms with Gasteiger partial charge in [0.05, 0.1) is 5.25 Å². The fourth-order valence-corrected chi connectivity index (χ4v) is 3.17. The van der Waals surface area contributed by atoms with Gasteiger partial charge in [-0.15, -0.1) is 0 Å². The summed E-state index contributed by atoms with van der Waals surface area (Å²) in [6.07, 6.45) is 2.83. The monoisotopic (exact) mass is 190 g/mol.